The highest BCUT2D eigenvalue weighted by molar-refractivity contribution is 8.00. The van der Waals surface area contributed by atoms with Gasteiger partial charge in [-0.1, -0.05) is 19.1 Å². The Bertz CT molecular complexity index is 850. The van der Waals surface area contributed by atoms with Crippen LogP contribution in [0.2, 0.25) is 0 Å². The smallest absolute Gasteiger partial charge is 0.124 e. The van der Waals surface area contributed by atoms with E-state index in [1.54, 1.807) is 11.9 Å². The second-order valence-corrected chi connectivity index (χ2v) is 9.46. The van der Waals surface area contributed by atoms with Gasteiger partial charge in [0.05, 0.1) is 18.9 Å². The monoisotopic (exact) mass is 427 g/mol. The molecule has 0 amide bonds. The SMILES string of the molecule is CCc1ccc2c(c1)CCC(C)N2Sc1ccc(OCC2CCOCC2)c(CO)c1. The molecule has 1 unspecified atom stereocenters. The first-order valence-corrected chi connectivity index (χ1v) is 12.0. The maximum Gasteiger partial charge on any atom is 0.124 e. The predicted molar refractivity (Wildman–Crippen MR) is 123 cm³/mol. The highest BCUT2D eigenvalue weighted by atomic mass is 32.2. The van der Waals surface area contributed by atoms with Crippen molar-refractivity contribution in [2.75, 3.05) is 24.1 Å². The van der Waals surface area contributed by atoms with Crippen LogP contribution in [0.25, 0.3) is 0 Å². The summed E-state index contributed by atoms with van der Waals surface area (Å²) in [6.45, 7) is 6.84. The van der Waals surface area contributed by atoms with Crippen molar-refractivity contribution >= 4 is 17.6 Å². The Morgan fingerprint density at radius 2 is 1.97 bits per heavy atom. The Hall–Kier alpha value is -1.69. The summed E-state index contributed by atoms with van der Waals surface area (Å²) in [6, 6.07) is 13.6. The summed E-state index contributed by atoms with van der Waals surface area (Å²) >= 11 is 1.76. The molecule has 0 aliphatic carbocycles. The van der Waals surface area contributed by atoms with Gasteiger partial charge in [-0.15, -0.1) is 0 Å². The number of benzene rings is 2. The second-order valence-electron chi connectivity index (χ2n) is 8.42. The number of anilines is 1. The summed E-state index contributed by atoms with van der Waals surface area (Å²) in [5.41, 5.74) is 5.03. The number of hydrogen-bond donors (Lipinski definition) is 1. The number of hydrogen-bond acceptors (Lipinski definition) is 5. The van der Waals surface area contributed by atoms with Crippen LogP contribution in [-0.4, -0.2) is 31.0 Å². The Morgan fingerprint density at radius 3 is 2.73 bits per heavy atom. The van der Waals surface area contributed by atoms with Crippen LogP contribution < -0.4 is 9.04 Å². The van der Waals surface area contributed by atoms with Crippen molar-refractivity contribution < 1.29 is 14.6 Å². The van der Waals surface area contributed by atoms with Gasteiger partial charge in [0, 0.05) is 29.7 Å². The maximum absolute atomic E-state index is 9.93. The third-order valence-electron chi connectivity index (χ3n) is 6.24. The first kappa shape index (κ1) is 21.5. The maximum atomic E-state index is 9.93. The van der Waals surface area contributed by atoms with E-state index >= 15 is 0 Å². The first-order chi connectivity index (χ1) is 14.7. The summed E-state index contributed by atoms with van der Waals surface area (Å²) in [6.07, 6.45) is 5.47. The molecule has 2 aromatic rings. The van der Waals surface area contributed by atoms with Gasteiger partial charge < -0.3 is 18.9 Å². The van der Waals surface area contributed by atoms with Gasteiger partial charge in [-0.3, -0.25) is 0 Å². The highest BCUT2D eigenvalue weighted by Gasteiger charge is 2.25. The van der Waals surface area contributed by atoms with E-state index in [9.17, 15) is 5.11 Å². The van der Waals surface area contributed by atoms with Crippen molar-refractivity contribution in [3.8, 4) is 5.75 Å². The Kier molecular flexibility index (Phi) is 7.24. The largest absolute Gasteiger partial charge is 0.493 e. The molecule has 0 aromatic heterocycles. The molecule has 0 radical (unpaired) electrons. The molecule has 1 saturated heterocycles. The van der Waals surface area contributed by atoms with E-state index in [-0.39, 0.29) is 6.61 Å². The lowest BCUT2D eigenvalue weighted by Gasteiger charge is -2.36. The molecule has 4 rings (SSSR count). The van der Waals surface area contributed by atoms with Gasteiger partial charge >= 0.3 is 0 Å². The zero-order valence-corrected chi connectivity index (χ0v) is 18.9. The molecule has 0 saturated carbocycles. The average molecular weight is 428 g/mol. The number of ether oxygens (including phenoxy) is 2. The van der Waals surface area contributed by atoms with E-state index in [0.29, 0.717) is 18.6 Å². The number of rotatable bonds is 7. The summed E-state index contributed by atoms with van der Waals surface area (Å²) < 4.78 is 13.9. The van der Waals surface area contributed by atoms with Gasteiger partial charge in [0.25, 0.3) is 0 Å². The molecule has 0 bridgehead atoms. The minimum Gasteiger partial charge on any atom is -0.493 e. The molecular formula is C25H33NO3S. The van der Waals surface area contributed by atoms with E-state index in [4.69, 9.17) is 9.47 Å². The molecule has 2 heterocycles. The fourth-order valence-corrected chi connectivity index (χ4v) is 5.36. The van der Waals surface area contributed by atoms with Gasteiger partial charge in [-0.2, -0.15) is 0 Å². The van der Waals surface area contributed by atoms with Crippen molar-refractivity contribution in [1.82, 2.24) is 0 Å². The van der Waals surface area contributed by atoms with Gasteiger partial charge in [0.1, 0.15) is 5.75 Å². The molecule has 2 aliphatic heterocycles. The molecule has 1 N–H and O–H groups in total. The van der Waals surface area contributed by atoms with Gasteiger partial charge in [-0.05, 0) is 92.3 Å². The van der Waals surface area contributed by atoms with Crippen LogP contribution >= 0.6 is 11.9 Å². The minimum atomic E-state index is -0.0104. The molecule has 162 valence electrons. The highest BCUT2D eigenvalue weighted by Crippen LogP contribution is 2.40. The van der Waals surface area contributed by atoms with Crippen LogP contribution in [0.5, 0.6) is 5.75 Å². The molecule has 30 heavy (non-hydrogen) atoms. The number of fused-ring (bicyclic) bond motifs is 1. The lowest BCUT2D eigenvalue weighted by Crippen LogP contribution is -2.31. The summed E-state index contributed by atoms with van der Waals surface area (Å²) in [5, 5.41) is 9.93. The Labute approximate surface area is 184 Å². The first-order valence-electron chi connectivity index (χ1n) is 11.2. The van der Waals surface area contributed by atoms with Crippen LogP contribution in [0.4, 0.5) is 5.69 Å². The van der Waals surface area contributed by atoms with Crippen molar-refractivity contribution in [2.24, 2.45) is 5.92 Å². The van der Waals surface area contributed by atoms with E-state index in [1.807, 2.05) is 6.07 Å². The fraction of sp³-hybridized carbons (Fsp3) is 0.520. The van der Waals surface area contributed by atoms with Crippen LogP contribution in [0.15, 0.2) is 41.3 Å². The standard InChI is InChI=1S/C25H33NO3S/c1-3-19-5-8-24-21(14-19)6-4-18(2)26(24)30-23-7-9-25(22(15-23)16-27)29-17-20-10-12-28-13-11-20/h5,7-9,14-15,18,20,27H,3-4,6,10-13,16-17H2,1-2H3. The topological polar surface area (TPSA) is 41.9 Å². The molecule has 2 aliphatic rings. The van der Waals surface area contributed by atoms with Crippen LogP contribution in [0, 0.1) is 5.92 Å². The lowest BCUT2D eigenvalue weighted by molar-refractivity contribution is 0.0494. The zero-order chi connectivity index (χ0) is 20.9. The van der Waals surface area contributed by atoms with Gasteiger partial charge in [0.2, 0.25) is 0 Å². The quantitative estimate of drug-likeness (QED) is 0.600. The van der Waals surface area contributed by atoms with Crippen molar-refractivity contribution in [2.45, 2.75) is 63.5 Å². The molecular weight excluding hydrogens is 394 g/mol. The normalized spacial score (nSPS) is 19.6. The van der Waals surface area contributed by atoms with E-state index in [0.717, 1.165) is 61.5 Å². The molecule has 0 spiro atoms. The molecule has 4 nitrogen and oxygen atoms in total. The molecule has 5 heteroatoms. The Morgan fingerprint density at radius 1 is 1.13 bits per heavy atom. The van der Waals surface area contributed by atoms with E-state index in [1.165, 1.54) is 16.8 Å². The van der Waals surface area contributed by atoms with Gasteiger partial charge in [-0.25, -0.2) is 0 Å². The second kappa shape index (κ2) is 10.1. The number of nitrogens with zero attached hydrogens (tertiary/aromatic N) is 1. The third kappa shape index (κ3) is 4.96. The molecule has 2 aromatic carbocycles. The van der Waals surface area contributed by atoms with E-state index in [2.05, 4.69) is 48.5 Å². The van der Waals surface area contributed by atoms with Crippen LogP contribution in [0.3, 0.4) is 0 Å². The third-order valence-corrected chi connectivity index (χ3v) is 7.46. The van der Waals surface area contributed by atoms with Crippen molar-refractivity contribution in [3.63, 3.8) is 0 Å². The predicted octanol–water partition coefficient (Wildman–Crippen LogP) is 5.40. The number of aryl methyl sites for hydroxylation is 2. The summed E-state index contributed by atoms with van der Waals surface area (Å²) in [4.78, 5) is 1.14. The molecule has 1 atom stereocenters. The van der Waals surface area contributed by atoms with Gasteiger partial charge in [0.15, 0.2) is 0 Å². The zero-order valence-electron chi connectivity index (χ0n) is 18.1. The van der Waals surface area contributed by atoms with Crippen LogP contribution in [-0.2, 0) is 24.2 Å². The minimum absolute atomic E-state index is 0.0104. The summed E-state index contributed by atoms with van der Waals surface area (Å²) in [5.74, 6) is 1.34. The number of aliphatic hydroxyl groups is 1. The fourth-order valence-electron chi connectivity index (χ4n) is 4.24. The summed E-state index contributed by atoms with van der Waals surface area (Å²) in [7, 11) is 0. The average Bonchev–Trinajstić information content (AvgIpc) is 2.80. The Balaban J connectivity index is 1.48. The molecule has 1 fully saturated rings. The van der Waals surface area contributed by atoms with E-state index < -0.39 is 0 Å². The number of aliphatic hydroxyl groups excluding tert-OH is 1. The van der Waals surface area contributed by atoms with Crippen molar-refractivity contribution in [3.05, 3.63) is 53.1 Å². The van der Waals surface area contributed by atoms with Crippen molar-refractivity contribution in [1.29, 1.82) is 0 Å². The van der Waals surface area contributed by atoms with Crippen LogP contribution in [0.1, 0.15) is 49.8 Å². The lowest BCUT2D eigenvalue weighted by atomic mass is 9.96.